The Balaban J connectivity index is 0.000000189. The number of fused-ring (bicyclic) bond motifs is 6. The van der Waals surface area contributed by atoms with Gasteiger partial charge in [-0.1, -0.05) is 121 Å². The van der Waals surface area contributed by atoms with E-state index in [1.807, 2.05) is 36.4 Å². The van der Waals surface area contributed by atoms with E-state index in [1.54, 1.807) is 12.1 Å². The lowest BCUT2D eigenvalue weighted by Gasteiger charge is -2.20. The maximum Gasteiger partial charge on any atom is 0.314 e. The summed E-state index contributed by atoms with van der Waals surface area (Å²) < 4.78 is 5.94. The largest absolute Gasteiger partial charge is 0.426 e. The van der Waals surface area contributed by atoms with Crippen molar-refractivity contribution < 1.29 is 24.2 Å². The van der Waals surface area contributed by atoms with Gasteiger partial charge >= 0.3 is 5.97 Å². The predicted molar refractivity (Wildman–Crippen MR) is 234 cm³/mol. The third kappa shape index (κ3) is 9.95. The molecule has 0 radical (unpaired) electrons. The van der Waals surface area contributed by atoms with E-state index in [4.69, 9.17) is 14.8 Å². The van der Waals surface area contributed by atoms with Crippen LogP contribution in [0.1, 0.15) is 168 Å². The predicted octanol–water partition coefficient (Wildman–Crippen LogP) is 11.0. The molecule has 0 unspecified atom stereocenters. The number of imidazole rings is 2. The zero-order valence-corrected chi connectivity index (χ0v) is 32.8. The van der Waals surface area contributed by atoms with Gasteiger partial charge in [-0.25, -0.2) is 9.97 Å². The summed E-state index contributed by atoms with van der Waals surface area (Å²) in [6.45, 7) is 2.50. The average Bonchev–Trinajstić information content (AvgIpc) is 4.08. The topological polar surface area (TPSA) is 150 Å². The number of ether oxygens (including phenoxy) is 1. The molecular formula is C48H65N5O5. The minimum atomic E-state index is -0.460. The monoisotopic (exact) mass is 791 g/mol. The molecule has 3 saturated carbocycles. The number of esters is 1. The number of hydrogen-bond acceptors (Lipinski definition) is 8. The van der Waals surface area contributed by atoms with Gasteiger partial charge in [0.15, 0.2) is 0 Å². The van der Waals surface area contributed by atoms with Gasteiger partial charge in [-0.05, 0) is 64.5 Å². The number of aromatic nitrogens is 4. The van der Waals surface area contributed by atoms with E-state index in [9.17, 15) is 14.4 Å². The fraction of sp³-hybridized carbons (Fsp3) is 0.521. The molecule has 0 spiro atoms. The molecule has 1 saturated heterocycles. The normalized spacial score (nSPS) is 18.2. The third-order valence-corrected chi connectivity index (χ3v) is 12.1. The molecule has 1 aliphatic heterocycles. The number of aliphatic hydroxyl groups excluding tert-OH is 1. The van der Waals surface area contributed by atoms with Crippen molar-refractivity contribution in [2.75, 3.05) is 20.2 Å². The van der Waals surface area contributed by atoms with Crippen LogP contribution in [0.4, 0.5) is 0 Å². The molecule has 312 valence electrons. The first-order valence-electron chi connectivity index (χ1n) is 21.1. The van der Waals surface area contributed by atoms with Gasteiger partial charge in [-0.2, -0.15) is 0 Å². The Kier molecular flexibility index (Phi) is 16.4. The van der Waals surface area contributed by atoms with E-state index < -0.39 is 11.6 Å². The lowest BCUT2D eigenvalue weighted by atomic mass is 9.89. The summed E-state index contributed by atoms with van der Waals surface area (Å²) in [6, 6.07) is 17.4. The number of ketones is 2. The number of nitrogens with one attached hydrogen (secondary N) is 3. The maximum absolute atomic E-state index is 12.8. The summed E-state index contributed by atoms with van der Waals surface area (Å²) in [6.07, 6.45) is 20.4. The van der Waals surface area contributed by atoms with E-state index in [0.29, 0.717) is 34.5 Å². The van der Waals surface area contributed by atoms with Crippen LogP contribution in [0.25, 0.3) is 33.1 Å². The number of hydrogen-bond donors (Lipinski definition) is 4. The zero-order chi connectivity index (χ0) is 38.9. The fourth-order valence-electron chi connectivity index (χ4n) is 9.08. The number of carbonyl (C=O) groups is 3. The van der Waals surface area contributed by atoms with Crippen LogP contribution in [0.2, 0.25) is 0 Å². The summed E-state index contributed by atoms with van der Waals surface area (Å²) >= 11 is 0. The zero-order valence-electron chi connectivity index (χ0n) is 32.8. The Labute approximate surface area is 344 Å². The second-order valence-electron chi connectivity index (χ2n) is 15.9. The number of Topliss-reactive ketones (excluding diaryl/α,β-unsaturated/α-hetero) is 2. The van der Waals surface area contributed by atoms with Gasteiger partial charge in [-0.3, -0.25) is 14.4 Å². The van der Waals surface area contributed by atoms with Crippen LogP contribution in [0.15, 0.2) is 54.6 Å². The van der Waals surface area contributed by atoms with Crippen molar-refractivity contribution in [1.82, 2.24) is 25.3 Å². The second-order valence-corrected chi connectivity index (χ2v) is 15.9. The van der Waals surface area contributed by atoms with Crippen LogP contribution in [0.5, 0.6) is 5.75 Å². The first-order valence-corrected chi connectivity index (χ1v) is 21.1. The SMILES string of the molecule is C.C.C1CCNC1.CO.O=C(Oc1cc2[nH]c(C3CCCCC3)nc2c2ccccc12)C1CCCCC1.O=C1C(=O)c2[nH]c(C3CCCCC3)nc2-c2ccccc21. The summed E-state index contributed by atoms with van der Waals surface area (Å²) in [5.41, 5.74) is 4.24. The molecule has 4 aliphatic carbocycles. The number of nitrogens with zero attached hydrogens (tertiary/aromatic N) is 2. The number of H-pyrrole nitrogens is 2. The Bertz CT molecular complexity index is 2110. The molecule has 10 rings (SSSR count). The van der Waals surface area contributed by atoms with Crippen molar-refractivity contribution in [1.29, 1.82) is 0 Å². The molecule has 5 aromatic rings. The van der Waals surface area contributed by atoms with Crippen molar-refractivity contribution in [3.05, 3.63) is 77.5 Å². The molecule has 58 heavy (non-hydrogen) atoms. The van der Waals surface area contributed by atoms with Gasteiger partial charge in [0.2, 0.25) is 5.78 Å². The molecule has 3 heterocycles. The lowest BCUT2D eigenvalue weighted by molar-refractivity contribution is -0.139. The van der Waals surface area contributed by atoms with Crippen LogP contribution in [0.3, 0.4) is 0 Å². The summed E-state index contributed by atoms with van der Waals surface area (Å²) in [5.74, 6) is 2.62. The number of aromatic amines is 2. The van der Waals surface area contributed by atoms with Crippen LogP contribution >= 0.6 is 0 Å². The molecule has 10 nitrogen and oxygen atoms in total. The maximum atomic E-state index is 12.8. The van der Waals surface area contributed by atoms with Gasteiger partial charge in [0.1, 0.15) is 28.8 Å². The van der Waals surface area contributed by atoms with Crippen LogP contribution < -0.4 is 10.1 Å². The van der Waals surface area contributed by atoms with Crippen molar-refractivity contribution in [3.63, 3.8) is 0 Å². The van der Waals surface area contributed by atoms with E-state index in [2.05, 4.69) is 26.3 Å². The number of rotatable bonds is 4. The quantitative estimate of drug-likeness (QED) is 0.0798. The Morgan fingerprint density at radius 2 is 1.17 bits per heavy atom. The van der Waals surface area contributed by atoms with Crippen LogP contribution in [0, 0.1) is 5.92 Å². The van der Waals surface area contributed by atoms with Crippen molar-refractivity contribution in [2.24, 2.45) is 5.92 Å². The lowest BCUT2D eigenvalue weighted by Crippen LogP contribution is -2.22. The highest BCUT2D eigenvalue weighted by molar-refractivity contribution is 6.52. The van der Waals surface area contributed by atoms with E-state index >= 15 is 0 Å². The van der Waals surface area contributed by atoms with Gasteiger partial charge in [0.05, 0.1) is 17.0 Å². The van der Waals surface area contributed by atoms with Gasteiger partial charge in [0, 0.05) is 46.9 Å². The van der Waals surface area contributed by atoms with Gasteiger partial charge in [-0.15, -0.1) is 0 Å². The molecule has 0 amide bonds. The van der Waals surface area contributed by atoms with E-state index in [0.717, 1.165) is 84.7 Å². The first kappa shape index (κ1) is 44.4. The molecule has 0 bridgehead atoms. The third-order valence-electron chi connectivity index (χ3n) is 12.1. The Morgan fingerprint density at radius 3 is 1.76 bits per heavy atom. The fourth-order valence-corrected chi connectivity index (χ4v) is 9.08. The minimum absolute atomic E-state index is 0. The highest BCUT2D eigenvalue weighted by Crippen LogP contribution is 2.39. The molecule has 3 aromatic carbocycles. The summed E-state index contributed by atoms with van der Waals surface area (Å²) in [4.78, 5) is 53.5. The van der Waals surface area contributed by atoms with E-state index in [-0.39, 0.29) is 26.7 Å². The van der Waals surface area contributed by atoms with Crippen molar-refractivity contribution in [3.8, 4) is 17.0 Å². The van der Waals surface area contributed by atoms with E-state index in [1.165, 1.54) is 83.7 Å². The van der Waals surface area contributed by atoms with Crippen molar-refractivity contribution in [2.45, 2.75) is 136 Å². The van der Waals surface area contributed by atoms with Crippen LogP contribution in [-0.4, -0.2) is 62.8 Å². The average molecular weight is 792 g/mol. The number of benzene rings is 3. The molecule has 0 atom stereocenters. The Morgan fingerprint density at radius 1 is 0.638 bits per heavy atom. The molecule has 10 heteroatoms. The highest BCUT2D eigenvalue weighted by atomic mass is 16.5. The highest BCUT2D eigenvalue weighted by Gasteiger charge is 2.34. The van der Waals surface area contributed by atoms with Crippen LogP contribution in [-0.2, 0) is 4.79 Å². The number of carbonyl (C=O) groups excluding carboxylic acids is 3. The second kappa shape index (κ2) is 21.4. The molecule has 2 aromatic heterocycles. The molecule has 5 aliphatic rings. The summed E-state index contributed by atoms with van der Waals surface area (Å²) in [7, 11) is 1.00. The first-order chi connectivity index (χ1) is 27.5. The smallest absolute Gasteiger partial charge is 0.314 e. The van der Waals surface area contributed by atoms with Gasteiger partial charge in [0.25, 0.3) is 5.78 Å². The molecule has 4 N–H and O–H groups in total. The van der Waals surface area contributed by atoms with Crippen molar-refractivity contribution >= 4 is 39.3 Å². The standard InChI is InChI=1S/C24H28N2O2.C17H16N2O2.C4H9N.CH4O.2CH4/c27-24(17-11-5-2-6-12-17)28-21-15-20-22(19-14-8-7-13-18(19)21)26-23(25-20)16-9-3-1-4-10-16;20-15-12-9-5-4-8-11(12)13-14(16(15)21)19-17(18-13)10-6-2-1-3-7-10;1-2-4-5-3-1;1-2;;/h7-8,13-17H,1-6,9-12H2,(H,25,26);4-5,8-10H,1-3,6-7H2,(H,18,19);5H,1-4H2;2H,1H3;2*1H4. The number of aliphatic hydroxyl groups is 1. The molecule has 4 fully saturated rings. The molecular weight excluding hydrogens is 727 g/mol. The van der Waals surface area contributed by atoms with Gasteiger partial charge < -0.3 is 25.1 Å². The summed E-state index contributed by atoms with van der Waals surface area (Å²) in [5, 5.41) is 12.3. The Hall–Kier alpha value is -4.67. The minimum Gasteiger partial charge on any atom is -0.426 e.